The van der Waals surface area contributed by atoms with Crippen molar-refractivity contribution < 1.29 is 0 Å². The number of nitrogens with one attached hydrogen (secondary N) is 1. The van der Waals surface area contributed by atoms with E-state index in [9.17, 15) is 4.79 Å². The van der Waals surface area contributed by atoms with E-state index in [1.807, 2.05) is 84.0 Å². The van der Waals surface area contributed by atoms with Gasteiger partial charge >= 0.3 is 0 Å². The highest BCUT2D eigenvalue weighted by molar-refractivity contribution is 7.13. The molecule has 4 heterocycles. The van der Waals surface area contributed by atoms with Gasteiger partial charge in [0.1, 0.15) is 11.4 Å². The molecule has 6 nitrogen and oxygen atoms in total. The topological polar surface area (TPSA) is 68.5 Å². The number of thiophene rings is 1. The molecule has 0 unspecified atom stereocenters. The lowest BCUT2D eigenvalue weighted by Crippen LogP contribution is -2.18. The molecule has 0 radical (unpaired) electrons. The quantitative estimate of drug-likeness (QED) is 0.354. The van der Waals surface area contributed by atoms with Gasteiger partial charge in [-0.3, -0.25) is 14.0 Å². The van der Waals surface area contributed by atoms with Crippen molar-refractivity contribution in [3.63, 3.8) is 0 Å². The molecule has 2 aromatic carbocycles. The SMILES string of the molecule is Cn1nc(-c2cccs2)cc1Cc1nc2c(Cc3ccccc3)[nH]c(-c3ccccc3)cn-2c1=O. The lowest BCUT2D eigenvalue weighted by atomic mass is 10.1. The van der Waals surface area contributed by atoms with Crippen LogP contribution in [0.3, 0.4) is 0 Å². The Hall–Kier alpha value is -4.23. The fourth-order valence-corrected chi connectivity index (χ4v) is 5.05. The first kappa shape index (κ1) is 21.3. The number of H-pyrrole nitrogens is 1. The molecule has 0 saturated carbocycles. The fraction of sp³-hybridized carbons (Fsp3) is 0.107. The summed E-state index contributed by atoms with van der Waals surface area (Å²) in [6, 6.07) is 26.4. The highest BCUT2D eigenvalue weighted by Gasteiger charge is 2.21. The van der Waals surface area contributed by atoms with Gasteiger partial charge in [-0.15, -0.1) is 11.3 Å². The molecule has 2 aromatic heterocycles. The zero-order chi connectivity index (χ0) is 23.8. The molecule has 2 aliphatic rings. The molecule has 35 heavy (non-hydrogen) atoms. The predicted octanol–water partition coefficient (Wildman–Crippen LogP) is 5.31. The number of benzene rings is 2. The molecule has 4 aromatic rings. The van der Waals surface area contributed by atoms with Gasteiger partial charge in [-0.2, -0.15) is 5.10 Å². The van der Waals surface area contributed by atoms with E-state index in [0.29, 0.717) is 24.4 Å². The first-order valence-electron chi connectivity index (χ1n) is 11.4. The Balaban J connectivity index is 1.45. The minimum Gasteiger partial charge on any atom is -0.354 e. The molecule has 0 fully saturated rings. The Bertz CT molecular complexity index is 1610. The Morgan fingerprint density at radius 2 is 1.71 bits per heavy atom. The van der Waals surface area contributed by atoms with Gasteiger partial charge in [0.05, 0.1) is 16.3 Å². The first-order chi connectivity index (χ1) is 17.2. The van der Waals surface area contributed by atoms with E-state index in [2.05, 4.69) is 28.3 Å². The van der Waals surface area contributed by atoms with Crippen molar-refractivity contribution in [1.29, 1.82) is 0 Å². The maximum atomic E-state index is 13.5. The molecule has 0 spiro atoms. The second-order valence-electron chi connectivity index (χ2n) is 8.53. The van der Waals surface area contributed by atoms with Crippen molar-refractivity contribution in [3.05, 3.63) is 123 Å². The van der Waals surface area contributed by atoms with Crippen LogP contribution in [0.15, 0.2) is 95.2 Å². The summed E-state index contributed by atoms with van der Waals surface area (Å²) in [4.78, 5) is 23.0. The molecule has 6 rings (SSSR count). The number of hydrogen-bond donors (Lipinski definition) is 1. The molecule has 2 aliphatic heterocycles. The molecular weight excluding hydrogens is 454 g/mol. The standard InChI is InChI=1S/C28H23N5OS/c1-32-21(16-22(31-32)26-13-8-14-35-26)17-24-28(34)33-18-25(20-11-6-3-7-12-20)29-23(27(33)30-24)15-19-9-4-2-5-10-19/h2-14,16,18,29H,15,17H2,1H3. The minimum absolute atomic E-state index is 0.0978. The van der Waals surface area contributed by atoms with Gasteiger partial charge in [-0.25, -0.2) is 4.98 Å². The van der Waals surface area contributed by atoms with Crippen molar-refractivity contribution in [2.45, 2.75) is 12.8 Å². The van der Waals surface area contributed by atoms with Crippen LogP contribution in [-0.4, -0.2) is 24.3 Å². The first-order valence-corrected chi connectivity index (χ1v) is 12.3. The van der Waals surface area contributed by atoms with Gasteiger partial charge < -0.3 is 4.98 Å². The molecule has 0 saturated heterocycles. The summed E-state index contributed by atoms with van der Waals surface area (Å²) in [5.41, 5.74) is 6.24. The lowest BCUT2D eigenvalue weighted by Gasteiger charge is -2.13. The van der Waals surface area contributed by atoms with E-state index >= 15 is 0 Å². The Labute approximate surface area is 206 Å². The largest absolute Gasteiger partial charge is 0.354 e. The molecule has 1 N–H and O–H groups in total. The van der Waals surface area contributed by atoms with Gasteiger partial charge in [0.25, 0.3) is 5.56 Å². The third kappa shape index (κ3) is 4.11. The number of aromatic amines is 1. The number of fused-ring (bicyclic) bond motifs is 1. The zero-order valence-corrected chi connectivity index (χ0v) is 20.0. The monoisotopic (exact) mass is 477 g/mol. The number of rotatable bonds is 6. The van der Waals surface area contributed by atoms with Crippen LogP contribution in [-0.2, 0) is 19.9 Å². The molecule has 7 heteroatoms. The Morgan fingerprint density at radius 3 is 2.46 bits per heavy atom. The summed E-state index contributed by atoms with van der Waals surface area (Å²) in [7, 11) is 1.91. The van der Waals surface area contributed by atoms with Gasteiger partial charge in [-0.1, -0.05) is 66.7 Å². The van der Waals surface area contributed by atoms with Crippen molar-refractivity contribution in [3.8, 4) is 27.6 Å². The summed E-state index contributed by atoms with van der Waals surface area (Å²) < 4.78 is 3.52. The van der Waals surface area contributed by atoms with Gasteiger partial charge in [-0.05, 0) is 28.6 Å². The number of nitrogens with zero attached hydrogens (tertiary/aromatic N) is 4. The van der Waals surface area contributed by atoms with Gasteiger partial charge in [0.2, 0.25) is 0 Å². The van der Waals surface area contributed by atoms with Crippen LogP contribution in [0.25, 0.3) is 27.6 Å². The molecular formula is C28H23N5OS. The molecule has 0 atom stereocenters. The van der Waals surface area contributed by atoms with Crippen LogP contribution < -0.4 is 5.56 Å². The third-order valence-electron chi connectivity index (χ3n) is 6.16. The van der Waals surface area contributed by atoms with Crippen LogP contribution in [0.5, 0.6) is 0 Å². The van der Waals surface area contributed by atoms with Crippen LogP contribution in [0.2, 0.25) is 0 Å². The highest BCUT2D eigenvalue weighted by Crippen LogP contribution is 2.26. The molecule has 0 amide bonds. The van der Waals surface area contributed by atoms with Crippen LogP contribution >= 0.6 is 11.3 Å². The van der Waals surface area contributed by atoms with Crippen LogP contribution in [0.1, 0.15) is 22.6 Å². The van der Waals surface area contributed by atoms with E-state index in [0.717, 1.165) is 38.8 Å². The smallest absolute Gasteiger partial charge is 0.278 e. The summed E-state index contributed by atoms with van der Waals surface area (Å²) >= 11 is 1.65. The number of aromatic nitrogens is 5. The molecule has 0 bridgehead atoms. The number of imidazole rings is 1. The number of hydrogen-bond acceptors (Lipinski definition) is 4. The second kappa shape index (κ2) is 8.85. The summed E-state index contributed by atoms with van der Waals surface area (Å²) in [5.74, 6) is 0.661. The molecule has 172 valence electrons. The molecule has 0 aliphatic carbocycles. The van der Waals surface area contributed by atoms with Crippen LogP contribution in [0.4, 0.5) is 0 Å². The van der Waals surface area contributed by atoms with Crippen molar-refractivity contribution >= 4 is 11.3 Å². The Kier molecular flexibility index (Phi) is 5.39. The summed E-state index contributed by atoms with van der Waals surface area (Å²) in [5, 5.41) is 6.68. The number of aryl methyl sites for hydroxylation is 1. The van der Waals surface area contributed by atoms with E-state index < -0.39 is 0 Å². The van der Waals surface area contributed by atoms with Crippen molar-refractivity contribution in [2.75, 3.05) is 0 Å². The predicted molar refractivity (Wildman–Crippen MR) is 139 cm³/mol. The minimum atomic E-state index is -0.0978. The lowest BCUT2D eigenvalue weighted by molar-refractivity contribution is 0.723. The average molecular weight is 478 g/mol. The van der Waals surface area contributed by atoms with Crippen molar-refractivity contribution in [1.82, 2.24) is 24.3 Å². The summed E-state index contributed by atoms with van der Waals surface area (Å²) in [6.45, 7) is 0. The average Bonchev–Trinajstić information content (AvgIpc) is 3.62. The van der Waals surface area contributed by atoms with Gasteiger partial charge in [0.15, 0.2) is 5.82 Å². The van der Waals surface area contributed by atoms with E-state index in [-0.39, 0.29) is 5.56 Å². The highest BCUT2D eigenvalue weighted by atomic mass is 32.1. The fourth-order valence-electron chi connectivity index (χ4n) is 4.37. The van der Waals surface area contributed by atoms with E-state index in [1.54, 1.807) is 15.9 Å². The second-order valence-corrected chi connectivity index (χ2v) is 9.48. The Morgan fingerprint density at radius 1 is 0.943 bits per heavy atom. The maximum absolute atomic E-state index is 13.5. The zero-order valence-electron chi connectivity index (χ0n) is 19.2. The normalized spacial score (nSPS) is 11.3. The van der Waals surface area contributed by atoms with Crippen molar-refractivity contribution in [2.24, 2.45) is 7.05 Å². The van der Waals surface area contributed by atoms with E-state index in [4.69, 9.17) is 4.98 Å². The maximum Gasteiger partial charge on any atom is 0.278 e. The third-order valence-corrected chi connectivity index (χ3v) is 7.05. The van der Waals surface area contributed by atoms with Crippen LogP contribution in [0, 0.1) is 0 Å². The summed E-state index contributed by atoms with van der Waals surface area (Å²) in [6.07, 6.45) is 2.92. The van der Waals surface area contributed by atoms with Gasteiger partial charge in [0, 0.05) is 31.8 Å². The van der Waals surface area contributed by atoms with E-state index in [1.165, 1.54) is 0 Å².